The summed E-state index contributed by atoms with van der Waals surface area (Å²) in [5.41, 5.74) is 10.1. The van der Waals surface area contributed by atoms with Gasteiger partial charge < -0.3 is 0 Å². The van der Waals surface area contributed by atoms with Crippen molar-refractivity contribution in [3.63, 3.8) is 0 Å². The fourth-order valence-corrected chi connectivity index (χ4v) is 12.5. The molecule has 0 aliphatic rings. The van der Waals surface area contributed by atoms with Gasteiger partial charge in [0.05, 0.1) is 28.1 Å². The smallest absolute Gasteiger partial charge is 0.127 e. The summed E-state index contributed by atoms with van der Waals surface area (Å²) < 4.78 is 4.89. The number of halogens is 2. The Morgan fingerprint density at radius 2 is 0.938 bits per heavy atom. The first kappa shape index (κ1) is 26.3. The van der Waals surface area contributed by atoms with E-state index >= 15 is 0 Å². The van der Waals surface area contributed by atoms with Gasteiger partial charge in [-0.2, -0.15) is 0 Å². The lowest BCUT2D eigenvalue weighted by Gasteiger charge is -2.20. The van der Waals surface area contributed by atoms with E-state index in [0.717, 1.165) is 7.57 Å². The molecular formula is C26H32Br2S2Si2. The maximum absolute atomic E-state index is 3.84. The minimum absolute atomic E-state index is 1.16. The van der Waals surface area contributed by atoms with Gasteiger partial charge in [0, 0.05) is 10.8 Å². The highest BCUT2D eigenvalue weighted by atomic mass is 79.9. The molecule has 0 aliphatic carbocycles. The van der Waals surface area contributed by atoms with Crippen LogP contribution in [0.3, 0.4) is 0 Å². The highest BCUT2D eigenvalue weighted by Crippen LogP contribution is 2.43. The Labute approximate surface area is 220 Å². The van der Waals surface area contributed by atoms with Gasteiger partial charge in [0.15, 0.2) is 0 Å². The molecule has 0 fully saturated rings. The zero-order chi connectivity index (χ0) is 23.5. The Bertz CT molecular complexity index is 1070. The van der Waals surface area contributed by atoms with Crippen LogP contribution in [0.25, 0.3) is 20.2 Å². The number of fused-ring (bicyclic) bond motifs is 2. The molecule has 3 rings (SSSR count). The minimum Gasteiger partial charge on any atom is -0.127 e. The predicted octanol–water partition coefficient (Wildman–Crippen LogP) is 10.4. The van der Waals surface area contributed by atoms with Gasteiger partial charge in [-0.25, -0.2) is 0 Å². The quantitative estimate of drug-likeness (QED) is 0.189. The molecule has 1 aromatic carbocycles. The summed E-state index contributed by atoms with van der Waals surface area (Å²) in [6, 6.07) is 11.9. The van der Waals surface area contributed by atoms with E-state index in [1.54, 1.807) is 22.7 Å². The molecule has 0 N–H and O–H groups in total. The lowest BCUT2D eigenvalue weighted by Crippen LogP contribution is -2.29. The molecule has 0 nitrogen and oxygen atoms in total. The largest absolute Gasteiger partial charge is 0.138 e. The van der Waals surface area contributed by atoms with Gasteiger partial charge in [-0.05, 0) is 80.3 Å². The zero-order valence-electron chi connectivity index (χ0n) is 20.0. The molecule has 0 radical (unpaired) electrons. The third kappa shape index (κ3) is 5.02. The third-order valence-corrected chi connectivity index (χ3v) is 20.1. The average Bonchev–Trinajstić information content (AvgIpc) is 3.38. The van der Waals surface area contributed by atoms with Crippen molar-refractivity contribution >= 4 is 90.9 Å². The summed E-state index contributed by atoms with van der Waals surface area (Å²) in [6.07, 6.45) is 0. The highest BCUT2D eigenvalue weighted by molar-refractivity contribution is 9.11. The van der Waals surface area contributed by atoms with E-state index in [1.807, 2.05) is 0 Å². The SMILES string of the molecule is CC[Si](C#Cc1c2cc(Br)sc2c(C#C[Si](CC)(CC)CC)c2cc(Br)sc12)(CC)CC. The molecule has 170 valence electrons. The van der Waals surface area contributed by atoms with E-state index in [0.29, 0.717) is 0 Å². The summed E-state index contributed by atoms with van der Waals surface area (Å²) in [5.74, 6) is 7.46. The summed E-state index contributed by atoms with van der Waals surface area (Å²) >= 11 is 11.1. The molecule has 0 saturated carbocycles. The van der Waals surface area contributed by atoms with E-state index in [2.05, 4.69) is 108 Å². The lowest BCUT2D eigenvalue weighted by atomic mass is 10.0. The van der Waals surface area contributed by atoms with Crippen LogP contribution >= 0.6 is 54.5 Å². The second-order valence-electron chi connectivity index (χ2n) is 8.52. The van der Waals surface area contributed by atoms with Gasteiger partial charge in [0.25, 0.3) is 0 Å². The van der Waals surface area contributed by atoms with Gasteiger partial charge in [-0.3, -0.25) is 0 Å². The predicted molar refractivity (Wildman–Crippen MR) is 161 cm³/mol. The van der Waals surface area contributed by atoms with Crippen molar-refractivity contribution in [2.24, 2.45) is 0 Å². The number of benzene rings is 1. The van der Waals surface area contributed by atoms with E-state index < -0.39 is 16.1 Å². The molecular weight excluding hydrogens is 592 g/mol. The fourth-order valence-electron chi connectivity index (χ4n) is 4.38. The Hall–Kier alpha value is -0.346. The molecule has 0 unspecified atom stereocenters. The van der Waals surface area contributed by atoms with Crippen molar-refractivity contribution in [1.82, 2.24) is 0 Å². The van der Waals surface area contributed by atoms with Crippen LogP contribution in [0.2, 0.25) is 36.3 Å². The van der Waals surface area contributed by atoms with Crippen molar-refractivity contribution in [3.05, 3.63) is 30.8 Å². The molecule has 6 heteroatoms. The van der Waals surface area contributed by atoms with E-state index in [9.17, 15) is 0 Å². The van der Waals surface area contributed by atoms with Crippen molar-refractivity contribution < 1.29 is 0 Å². The van der Waals surface area contributed by atoms with Gasteiger partial charge in [0.1, 0.15) is 16.1 Å². The van der Waals surface area contributed by atoms with Crippen LogP contribution < -0.4 is 0 Å². The minimum atomic E-state index is -1.53. The summed E-state index contributed by atoms with van der Waals surface area (Å²) in [6.45, 7) is 14.0. The van der Waals surface area contributed by atoms with E-state index in [-0.39, 0.29) is 0 Å². The Morgan fingerprint density at radius 3 is 1.22 bits per heavy atom. The average molecular weight is 625 g/mol. The van der Waals surface area contributed by atoms with Gasteiger partial charge in [-0.15, -0.1) is 33.8 Å². The maximum atomic E-state index is 3.84. The highest BCUT2D eigenvalue weighted by Gasteiger charge is 2.26. The van der Waals surface area contributed by atoms with E-state index in [4.69, 9.17) is 0 Å². The Balaban J connectivity index is 2.37. The first-order valence-corrected chi connectivity index (χ1v) is 20.2. The normalized spacial score (nSPS) is 12.0. The first-order valence-electron chi connectivity index (χ1n) is 11.7. The third-order valence-electron chi connectivity index (χ3n) is 7.36. The summed E-state index contributed by atoms with van der Waals surface area (Å²) in [7, 11) is -3.06. The Kier molecular flexibility index (Phi) is 8.97. The van der Waals surface area contributed by atoms with Crippen LogP contribution in [0.1, 0.15) is 52.7 Å². The second kappa shape index (κ2) is 10.9. The van der Waals surface area contributed by atoms with Crippen LogP contribution in [0.5, 0.6) is 0 Å². The molecule has 0 saturated heterocycles. The number of hydrogen-bond acceptors (Lipinski definition) is 2. The standard InChI is InChI=1S/C26H32Br2S2Si2/c1-7-31(8-2,9-3)15-13-19-21-17-23(27)30-26(21)20(22-18-24(28)29-25(19)22)14-16-32(10-4,11-5)12-6/h17-18H,7-12H2,1-6H3. The van der Waals surface area contributed by atoms with E-state index in [1.165, 1.54) is 67.6 Å². The molecule has 0 atom stereocenters. The van der Waals surface area contributed by atoms with Crippen molar-refractivity contribution in [3.8, 4) is 22.9 Å². The fraction of sp³-hybridized carbons (Fsp3) is 0.462. The summed E-state index contributed by atoms with van der Waals surface area (Å²) in [5, 5.41) is 2.53. The van der Waals surface area contributed by atoms with Crippen LogP contribution in [0, 0.1) is 22.9 Å². The number of hydrogen-bond donors (Lipinski definition) is 0. The van der Waals surface area contributed by atoms with Crippen molar-refractivity contribution in [2.45, 2.75) is 77.8 Å². The molecule has 0 spiro atoms. The van der Waals surface area contributed by atoms with Crippen LogP contribution in [0.4, 0.5) is 0 Å². The van der Waals surface area contributed by atoms with Crippen LogP contribution in [-0.4, -0.2) is 16.1 Å². The molecule has 0 aliphatic heterocycles. The van der Waals surface area contributed by atoms with Crippen molar-refractivity contribution in [1.29, 1.82) is 0 Å². The number of thiophene rings is 2. The zero-order valence-corrected chi connectivity index (χ0v) is 26.8. The van der Waals surface area contributed by atoms with Crippen LogP contribution in [0.15, 0.2) is 19.7 Å². The maximum Gasteiger partial charge on any atom is 0.138 e. The molecule has 32 heavy (non-hydrogen) atoms. The second-order valence-corrected chi connectivity index (χ2v) is 23.2. The Morgan fingerprint density at radius 1 is 0.625 bits per heavy atom. The molecule has 3 aromatic rings. The van der Waals surface area contributed by atoms with Gasteiger partial charge in [0.2, 0.25) is 0 Å². The number of rotatable bonds is 6. The van der Waals surface area contributed by atoms with Gasteiger partial charge >= 0.3 is 0 Å². The monoisotopic (exact) mass is 622 g/mol. The molecule has 0 amide bonds. The van der Waals surface area contributed by atoms with Crippen LogP contribution in [-0.2, 0) is 0 Å². The van der Waals surface area contributed by atoms with Crippen molar-refractivity contribution in [2.75, 3.05) is 0 Å². The van der Waals surface area contributed by atoms with Gasteiger partial charge in [-0.1, -0.05) is 53.4 Å². The summed E-state index contributed by atoms with van der Waals surface area (Å²) in [4.78, 5) is 0. The molecule has 2 heterocycles. The molecule has 0 bridgehead atoms. The lowest BCUT2D eigenvalue weighted by molar-refractivity contribution is 1.20. The first-order chi connectivity index (χ1) is 15.3. The topological polar surface area (TPSA) is 0 Å². The molecule has 2 aromatic heterocycles.